The fourth-order valence-corrected chi connectivity index (χ4v) is 2.71. The largest absolute Gasteiger partial charge is 0.356 e. The van der Waals surface area contributed by atoms with E-state index in [1.807, 2.05) is 48.5 Å². The Bertz CT molecular complexity index is 779. The second-order valence-corrected chi connectivity index (χ2v) is 5.61. The smallest absolute Gasteiger partial charge is 0.224 e. The molecule has 0 saturated heterocycles. The van der Waals surface area contributed by atoms with E-state index >= 15 is 0 Å². The van der Waals surface area contributed by atoms with Crippen LogP contribution in [0.2, 0.25) is 0 Å². The SMILES string of the molecule is O=C(Cc1cccc2cccnc12)NCCCc1ccccc1. The van der Waals surface area contributed by atoms with Crippen molar-refractivity contribution in [2.75, 3.05) is 6.54 Å². The number of aromatic nitrogens is 1. The number of nitrogens with zero attached hydrogens (tertiary/aromatic N) is 1. The maximum Gasteiger partial charge on any atom is 0.224 e. The summed E-state index contributed by atoms with van der Waals surface area (Å²) in [5.41, 5.74) is 3.19. The van der Waals surface area contributed by atoms with Gasteiger partial charge >= 0.3 is 0 Å². The first-order chi connectivity index (χ1) is 11.3. The zero-order chi connectivity index (χ0) is 15.9. The number of benzene rings is 2. The van der Waals surface area contributed by atoms with Crippen LogP contribution in [0.4, 0.5) is 0 Å². The number of fused-ring (bicyclic) bond motifs is 1. The average Bonchev–Trinajstić information content (AvgIpc) is 2.60. The van der Waals surface area contributed by atoms with Gasteiger partial charge in [-0.05, 0) is 30.0 Å². The predicted molar refractivity (Wildman–Crippen MR) is 93.2 cm³/mol. The van der Waals surface area contributed by atoms with Gasteiger partial charge in [0.1, 0.15) is 0 Å². The normalized spacial score (nSPS) is 10.6. The van der Waals surface area contributed by atoms with Crippen LogP contribution in [-0.4, -0.2) is 17.4 Å². The predicted octanol–water partition coefficient (Wildman–Crippen LogP) is 3.53. The van der Waals surface area contributed by atoms with Crippen LogP contribution < -0.4 is 5.32 Å². The molecule has 1 aromatic heterocycles. The summed E-state index contributed by atoms with van der Waals surface area (Å²) in [7, 11) is 0. The topological polar surface area (TPSA) is 42.0 Å². The molecule has 23 heavy (non-hydrogen) atoms. The molecule has 0 saturated carbocycles. The van der Waals surface area contributed by atoms with E-state index in [0.29, 0.717) is 13.0 Å². The molecule has 0 radical (unpaired) electrons. The Morgan fingerprint density at radius 1 is 0.957 bits per heavy atom. The third-order valence-corrected chi connectivity index (χ3v) is 3.87. The highest BCUT2D eigenvalue weighted by atomic mass is 16.1. The minimum Gasteiger partial charge on any atom is -0.356 e. The maximum atomic E-state index is 12.1. The van der Waals surface area contributed by atoms with Gasteiger partial charge in [0.05, 0.1) is 11.9 Å². The minimum atomic E-state index is 0.0521. The number of carbonyl (C=O) groups excluding carboxylic acids is 1. The molecular formula is C20H20N2O. The Morgan fingerprint density at radius 2 is 1.78 bits per heavy atom. The molecule has 0 aliphatic heterocycles. The highest BCUT2D eigenvalue weighted by Gasteiger charge is 2.07. The second-order valence-electron chi connectivity index (χ2n) is 5.61. The molecule has 1 heterocycles. The molecule has 2 aromatic carbocycles. The van der Waals surface area contributed by atoms with Gasteiger partial charge in [0.25, 0.3) is 0 Å². The van der Waals surface area contributed by atoms with Crippen molar-refractivity contribution in [2.45, 2.75) is 19.3 Å². The first kappa shape index (κ1) is 15.2. The van der Waals surface area contributed by atoms with Gasteiger partial charge in [0, 0.05) is 18.1 Å². The van der Waals surface area contributed by atoms with Crippen molar-refractivity contribution in [1.29, 1.82) is 0 Å². The highest BCUT2D eigenvalue weighted by molar-refractivity contribution is 5.87. The Morgan fingerprint density at radius 3 is 2.65 bits per heavy atom. The van der Waals surface area contributed by atoms with E-state index < -0.39 is 0 Å². The van der Waals surface area contributed by atoms with Gasteiger partial charge in [0.2, 0.25) is 5.91 Å². The third kappa shape index (κ3) is 4.16. The molecule has 0 spiro atoms. The van der Waals surface area contributed by atoms with Crippen LogP contribution >= 0.6 is 0 Å². The van der Waals surface area contributed by atoms with Crippen molar-refractivity contribution in [3.63, 3.8) is 0 Å². The van der Waals surface area contributed by atoms with E-state index in [-0.39, 0.29) is 5.91 Å². The van der Waals surface area contributed by atoms with Crippen LogP contribution in [0.1, 0.15) is 17.5 Å². The fraction of sp³-hybridized carbons (Fsp3) is 0.200. The molecule has 0 atom stereocenters. The van der Waals surface area contributed by atoms with E-state index in [0.717, 1.165) is 29.3 Å². The molecule has 3 aromatic rings. The number of pyridine rings is 1. The molecule has 0 aliphatic carbocycles. The number of hydrogen-bond donors (Lipinski definition) is 1. The second kappa shape index (κ2) is 7.54. The standard InChI is InChI=1S/C20H20N2O/c23-19(21-13-5-9-16-7-2-1-3-8-16)15-18-11-4-10-17-12-6-14-22-20(17)18/h1-4,6-8,10-12,14H,5,9,13,15H2,(H,21,23). The van der Waals surface area contributed by atoms with Gasteiger partial charge < -0.3 is 5.32 Å². The Kier molecular flexibility index (Phi) is 4.99. The summed E-state index contributed by atoms with van der Waals surface area (Å²) in [6.45, 7) is 0.700. The fourth-order valence-electron chi connectivity index (χ4n) is 2.71. The molecule has 0 fully saturated rings. The van der Waals surface area contributed by atoms with Crippen molar-refractivity contribution in [3.05, 3.63) is 78.0 Å². The molecule has 3 nitrogen and oxygen atoms in total. The summed E-state index contributed by atoms with van der Waals surface area (Å²) >= 11 is 0. The number of aryl methyl sites for hydroxylation is 1. The van der Waals surface area contributed by atoms with Gasteiger partial charge in [-0.15, -0.1) is 0 Å². The molecule has 3 heteroatoms. The summed E-state index contributed by atoms with van der Waals surface area (Å²) in [6, 6.07) is 20.2. The Hall–Kier alpha value is -2.68. The van der Waals surface area contributed by atoms with E-state index in [2.05, 4.69) is 22.4 Å². The average molecular weight is 304 g/mol. The Labute approximate surface area is 136 Å². The minimum absolute atomic E-state index is 0.0521. The lowest BCUT2D eigenvalue weighted by atomic mass is 10.1. The molecule has 0 unspecified atom stereocenters. The van der Waals surface area contributed by atoms with Gasteiger partial charge in [-0.1, -0.05) is 54.6 Å². The first-order valence-corrected chi connectivity index (χ1v) is 7.96. The van der Waals surface area contributed by atoms with Gasteiger partial charge in [-0.2, -0.15) is 0 Å². The lowest BCUT2D eigenvalue weighted by Crippen LogP contribution is -2.26. The summed E-state index contributed by atoms with van der Waals surface area (Å²) < 4.78 is 0. The molecule has 0 bridgehead atoms. The number of hydrogen-bond acceptors (Lipinski definition) is 2. The number of rotatable bonds is 6. The van der Waals surface area contributed by atoms with E-state index in [1.54, 1.807) is 6.20 Å². The van der Waals surface area contributed by atoms with Crippen LogP contribution in [-0.2, 0) is 17.6 Å². The number of amides is 1. The van der Waals surface area contributed by atoms with Crippen LogP contribution in [0.3, 0.4) is 0 Å². The lowest BCUT2D eigenvalue weighted by Gasteiger charge is -2.07. The molecule has 0 aliphatic rings. The van der Waals surface area contributed by atoms with Gasteiger partial charge in [0.15, 0.2) is 0 Å². The molecule has 1 N–H and O–H groups in total. The van der Waals surface area contributed by atoms with Gasteiger partial charge in [-0.25, -0.2) is 0 Å². The van der Waals surface area contributed by atoms with E-state index in [4.69, 9.17) is 0 Å². The summed E-state index contributed by atoms with van der Waals surface area (Å²) in [4.78, 5) is 16.5. The van der Waals surface area contributed by atoms with Crippen molar-refractivity contribution in [1.82, 2.24) is 10.3 Å². The van der Waals surface area contributed by atoms with Crippen molar-refractivity contribution < 1.29 is 4.79 Å². The zero-order valence-corrected chi connectivity index (χ0v) is 13.0. The van der Waals surface area contributed by atoms with E-state index in [9.17, 15) is 4.79 Å². The Balaban J connectivity index is 1.51. The van der Waals surface area contributed by atoms with Crippen molar-refractivity contribution in [2.24, 2.45) is 0 Å². The molecule has 116 valence electrons. The molecular weight excluding hydrogens is 284 g/mol. The van der Waals surface area contributed by atoms with Crippen molar-refractivity contribution >= 4 is 16.8 Å². The van der Waals surface area contributed by atoms with Gasteiger partial charge in [-0.3, -0.25) is 9.78 Å². The third-order valence-electron chi connectivity index (χ3n) is 3.87. The van der Waals surface area contributed by atoms with Crippen LogP contribution in [0.25, 0.3) is 10.9 Å². The quantitative estimate of drug-likeness (QED) is 0.708. The zero-order valence-electron chi connectivity index (χ0n) is 13.0. The summed E-state index contributed by atoms with van der Waals surface area (Å²) in [5.74, 6) is 0.0521. The number of nitrogens with one attached hydrogen (secondary N) is 1. The lowest BCUT2D eigenvalue weighted by molar-refractivity contribution is -0.120. The summed E-state index contributed by atoms with van der Waals surface area (Å²) in [5, 5.41) is 4.07. The van der Waals surface area contributed by atoms with Crippen LogP contribution in [0.15, 0.2) is 66.9 Å². The van der Waals surface area contributed by atoms with Crippen molar-refractivity contribution in [3.8, 4) is 0 Å². The monoisotopic (exact) mass is 304 g/mol. The highest BCUT2D eigenvalue weighted by Crippen LogP contribution is 2.16. The van der Waals surface area contributed by atoms with Crippen LogP contribution in [0.5, 0.6) is 0 Å². The molecule has 3 rings (SSSR count). The first-order valence-electron chi connectivity index (χ1n) is 7.96. The summed E-state index contributed by atoms with van der Waals surface area (Å²) in [6.07, 6.45) is 4.07. The molecule has 1 amide bonds. The number of para-hydroxylation sites is 1. The maximum absolute atomic E-state index is 12.1. The van der Waals surface area contributed by atoms with Crippen LogP contribution in [0, 0.1) is 0 Å². The van der Waals surface area contributed by atoms with E-state index in [1.165, 1.54) is 5.56 Å². The number of carbonyl (C=O) groups is 1.